The Balaban J connectivity index is 0.00000441. The number of hydrogen-bond acceptors (Lipinski definition) is 3. The lowest BCUT2D eigenvalue weighted by Crippen LogP contribution is -2.37. The van der Waals surface area contributed by atoms with Crippen molar-refractivity contribution in [2.45, 2.75) is 33.2 Å². The minimum Gasteiger partial charge on any atom is -0.356 e. The Hall–Kier alpha value is -0.830. The Kier molecular flexibility index (Phi) is 12.2. The summed E-state index contributed by atoms with van der Waals surface area (Å²) in [6.07, 6.45) is 4.18. The monoisotopic (exact) mass is 422 g/mol. The van der Waals surface area contributed by atoms with Gasteiger partial charge >= 0.3 is 0 Å². The van der Waals surface area contributed by atoms with E-state index < -0.39 is 0 Å². The van der Waals surface area contributed by atoms with Gasteiger partial charge in [0.25, 0.3) is 0 Å². The zero-order chi connectivity index (χ0) is 15.5. The van der Waals surface area contributed by atoms with E-state index in [4.69, 9.17) is 0 Å². The van der Waals surface area contributed by atoms with Gasteiger partial charge in [0, 0.05) is 26.8 Å². The average molecular weight is 422 g/mol. The second-order valence-electron chi connectivity index (χ2n) is 5.03. The number of nitrogens with zero attached hydrogens (tertiary/aromatic N) is 4. The van der Waals surface area contributed by atoms with Crippen molar-refractivity contribution in [1.29, 1.82) is 0 Å². The van der Waals surface area contributed by atoms with Crippen molar-refractivity contribution < 1.29 is 0 Å². The van der Waals surface area contributed by atoms with Gasteiger partial charge in [-0.25, -0.2) is 0 Å². The van der Waals surface area contributed by atoms with E-state index in [1.807, 2.05) is 17.8 Å². The lowest BCUT2D eigenvalue weighted by atomic mass is 10.3. The smallest absolute Gasteiger partial charge is 0.191 e. The standard InChI is InChI=1S/C15H30N6.HI/c1-5-21(6-2)12-8-7-10-17-15(16-3)18-13-14-9-11-19-20(14)4;/h9,11H,5-8,10,12-13H2,1-4H3,(H2,16,17,18);1H. The molecule has 0 aliphatic carbocycles. The van der Waals surface area contributed by atoms with E-state index in [1.165, 1.54) is 13.0 Å². The first-order chi connectivity index (χ1) is 10.2. The average Bonchev–Trinajstić information content (AvgIpc) is 2.91. The molecule has 0 unspecified atom stereocenters. The van der Waals surface area contributed by atoms with Crippen LogP contribution in [-0.2, 0) is 13.6 Å². The molecule has 2 N–H and O–H groups in total. The third-order valence-corrected chi connectivity index (χ3v) is 3.67. The van der Waals surface area contributed by atoms with Crippen LogP contribution in [0.25, 0.3) is 0 Å². The molecule has 1 aromatic heterocycles. The van der Waals surface area contributed by atoms with Crippen LogP contribution in [0.2, 0.25) is 0 Å². The Morgan fingerprint density at radius 3 is 2.55 bits per heavy atom. The Bertz CT molecular complexity index is 414. The molecule has 0 fully saturated rings. The van der Waals surface area contributed by atoms with Gasteiger partial charge in [-0.15, -0.1) is 24.0 Å². The summed E-state index contributed by atoms with van der Waals surface area (Å²) in [6, 6.07) is 2.00. The summed E-state index contributed by atoms with van der Waals surface area (Å²) in [7, 11) is 3.74. The number of nitrogens with one attached hydrogen (secondary N) is 2. The first-order valence-electron chi connectivity index (χ1n) is 7.85. The SMILES string of the molecule is CCN(CC)CCCCNC(=NC)NCc1ccnn1C.I. The molecular weight excluding hydrogens is 391 g/mol. The predicted octanol–water partition coefficient (Wildman–Crippen LogP) is 1.83. The van der Waals surface area contributed by atoms with E-state index in [1.54, 1.807) is 13.2 Å². The molecule has 128 valence electrons. The molecule has 0 aliphatic heterocycles. The highest BCUT2D eigenvalue weighted by Gasteiger charge is 2.02. The minimum absolute atomic E-state index is 0. The Morgan fingerprint density at radius 2 is 2.00 bits per heavy atom. The van der Waals surface area contributed by atoms with Gasteiger partial charge in [-0.05, 0) is 38.5 Å². The van der Waals surface area contributed by atoms with Crippen LogP contribution in [0.15, 0.2) is 17.3 Å². The number of halogens is 1. The molecule has 0 saturated carbocycles. The van der Waals surface area contributed by atoms with Gasteiger partial charge in [0.2, 0.25) is 0 Å². The molecule has 0 aliphatic rings. The maximum absolute atomic E-state index is 4.24. The fourth-order valence-electron chi connectivity index (χ4n) is 2.18. The molecule has 1 aromatic rings. The van der Waals surface area contributed by atoms with Crippen molar-refractivity contribution in [2.24, 2.45) is 12.0 Å². The second kappa shape index (κ2) is 12.7. The van der Waals surface area contributed by atoms with E-state index in [0.29, 0.717) is 0 Å². The topological polar surface area (TPSA) is 57.5 Å². The van der Waals surface area contributed by atoms with Crippen LogP contribution >= 0.6 is 24.0 Å². The summed E-state index contributed by atoms with van der Waals surface area (Å²) in [5.74, 6) is 0.846. The third kappa shape index (κ3) is 7.98. The van der Waals surface area contributed by atoms with Crippen molar-refractivity contribution in [3.05, 3.63) is 18.0 Å². The normalized spacial score (nSPS) is 11.4. The summed E-state index contributed by atoms with van der Waals surface area (Å²) in [5, 5.41) is 10.8. The van der Waals surface area contributed by atoms with Gasteiger partial charge in [-0.2, -0.15) is 5.10 Å². The second-order valence-corrected chi connectivity index (χ2v) is 5.03. The quantitative estimate of drug-likeness (QED) is 0.276. The molecule has 0 saturated heterocycles. The fraction of sp³-hybridized carbons (Fsp3) is 0.733. The number of aryl methyl sites for hydroxylation is 1. The molecule has 1 rings (SSSR count). The van der Waals surface area contributed by atoms with Crippen LogP contribution < -0.4 is 10.6 Å². The first kappa shape index (κ1) is 21.2. The highest BCUT2D eigenvalue weighted by molar-refractivity contribution is 14.0. The zero-order valence-electron chi connectivity index (χ0n) is 14.3. The molecule has 7 heteroatoms. The molecule has 0 radical (unpaired) electrons. The largest absolute Gasteiger partial charge is 0.356 e. The third-order valence-electron chi connectivity index (χ3n) is 3.67. The highest BCUT2D eigenvalue weighted by Crippen LogP contribution is 1.95. The van der Waals surface area contributed by atoms with Crippen LogP contribution in [0, 0.1) is 0 Å². The summed E-state index contributed by atoms with van der Waals surface area (Å²) in [4.78, 5) is 6.69. The molecule has 0 aromatic carbocycles. The van der Waals surface area contributed by atoms with Gasteiger partial charge < -0.3 is 15.5 Å². The number of unbranched alkanes of at least 4 members (excludes halogenated alkanes) is 1. The summed E-state index contributed by atoms with van der Waals surface area (Å²) >= 11 is 0. The number of aromatic nitrogens is 2. The van der Waals surface area contributed by atoms with Gasteiger partial charge in [0.15, 0.2) is 5.96 Å². The molecule has 1 heterocycles. The van der Waals surface area contributed by atoms with Gasteiger partial charge in [0.1, 0.15) is 0 Å². The maximum atomic E-state index is 4.24. The van der Waals surface area contributed by atoms with Crippen LogP contribution in [0.1, 0.15) is 32.4 Å². The molecule has 0 spiro atoms. The molecule has 0 amide bonds. The molecular formula is C15H31IN6. The van der Waals surface area contributed by atoms with Crippen LogP contribution in [-0.4, -0.2) is 53.9 Å². The van der Waals surface area contributed by atoms with Crippen LogP contribution in [0.3, 0.4) is 0 Å². The molecule has 0 bridgehead atoms. The van der Waals surface area contributed by atoms with Crippen molar-refractivity contribution in [3.8, 4) is 0 Å². The lowest BCUT2D eigenvalue weighted by molar-refractivity contribution is 0.297. The zero-order valence-corrected chi connectivity index (χ0v) is 16.6. The summed E-state index contributed by atoms with van der Waals surface area (Å²) in [5.41, 5.74) is 1.14. The van der Waals surface area contributed by atoms with Crippen molar-refractivity contribution in [1.82, 2.24) is 25.3 Å². The number of aliphatic imine (C=N–C) groups is 1. The van der Waals surface area contributed by atoms with Gasteiger partial charge in [-0.3, -0.25) is 9.67 Å². The van der Waals surface area contributed by atoms with Crippen molar-refractivity contribution in [3.63, 3.8) is 0 Å². The van der Waals surface area contributed by atoms with Crippen LogP contribution in [0.4, 0.5) is 0 Å². The van der Waals surface area contributed by atoms with Crippen LogP contribution in [0.5, 0.6) is 0 Å². The summed E-state index contributed by atoms with van der Waals surface area (Å²) in [6.45, 7) is 9.56. The number of rotatable bonds is 9. The Morgan fingerprint density at radius 1 is 1.27 bits per heavy atom. The first-order valence-corrected chi connectivity index (χ1v) is 7.85. The van der Waals surface area contributed by atoms with Gasteiger partial charge in [0.05, 0.1) is 12.2 Å². The minimum atomic E-state index is 0. The Labute approximate surface area is 151 Å². The van der Waals surface area contributed by atoms with Crippen molar-refractivity contribution in [2.75, 3.05) is 33.2 Å². The number of guanidine groups is 1. The van der Waals surface area contributed by atoms with E-state index in [9.17, 15) is 0 Å². The van der Waals surface area contributed by atoms with E-state index in [0.717, 1.165) is 44.3 Å². The van der Waals surface area contributed by atoms with E-state index in [2.05, 4.69) is 39.5 Å². The molecule has 0 atom stereocenters. The van der Waals surface area contributed by atoms with E-state index >= 15 is 0 Å². The maximum Gasteiger partial charge on any atom is 0.191 e. The number of hydrogen-bond donors (Lipinski definition) is 2. The molecule has 6 nitrogen and oxygen atoms in total. The lowest BCUT2D eigenvalue weighted by Gasteiger charge is -2.18. The van der Waals surface area contributed by atoms with E-state index in [-0.39, 0.29) is 24.0 Å². The van der Waals surface area contributed by atoms with Gasteiger partial charge in [-0.1, -0.05) is 13.8 Å². The van der Waals surface area contributed by atoms with Crippen molar-refractivity contribution >= 4 is 29.9 Å². The summed E-state index contributed by atoms with van der Waals surface area (Å²) < 4.78 is 1.87. The molecule has 22 heavy (non-hydrogen) atoms. The fourth-order valence-corrected chi connectivity index (χ4v) is 2.18. The highest BCUT2D eigenvalue weighted by atomic mass is 127. The predicted molar refractivity (Wildman–Crippen MR) is 104 cm³/mol.